The van der Waals surface area contributed by atoms with Gasteiger partial charge in [0.25, 0.3) is 0 Å². The highest BCUT2D eigenvalue weighted by atomic mass is 32.2. The molecule has 0 heterocycles. The number of carbonyl (C=O) groups is 1. The standard InChI is InChI=1S/C21H41N3O3S/c1-4-5-6-7-17-28-19-24-21(3)10-11-23-20(2)9-8-13-26-15-16-27-14-12-22-18-25/h18,23-24H,2-17,19H2,1H3,(H,22,25). The molecule has 28 heavy (non-hydrogen) atoms. The van der Waals surface area contributed by atoms with Crippen LogP contribution in [0.2, 0.25) is 0 Å². The number of hydrogen-bond acceptors (Lipinski definition) is 6. The molecule has 0 aliphatic carbocycles. The molecule has 0 bridgehead atoms. The number of allylic oxidation sites excluding steroid dienone is 1. The third kappa shape index (κ3) is 21.1. The fourth-order valence-electron chi connectivity index (χ4n) is 2.32. The van der Waals surface area contributed by atoms with Crippen molar-refractivity contribution in [2.24, 2.45) is 0 Å². The van der Waals surface area contributed by atoms with E-state index >= 15 is 0 Å². The quantitative estimate of drug-likeness (QED) is 0.135. The van der Waals surface area contributed by atoms with Crippen LogP contribution in [0.5, 0.6) is 0 Å². The highest BCUT2D eigenvalue weighted by molar-refractivity contribution is 7.99. The first-order valence-electron chi connectivity index (χ1n) is 10.4. The van der Waals surface area contributed by atoms with Gasteiger partial charge in [0.15, 0.2) is 0 Å². The molecule has 0 saturated heterocycles. The Kier molecular flexibility index (Phi) is 21.2. The number of ether oxygens (including phenoxy) is 2. The molecule has 0 atom stereocenters. The van der Waals surface area contributed by atoms with E-state index in [1.807, 2.05) is 11.8 Å². The largest absolute Gasteiger partial charge is 0.388 e. The summed E-state index contributed by atoms with van der Waals surface area (Å²) in [6, 6.07) is 0. The first kappa shape index (κ1) is 26.8. The van der Waals surface area contributed by atoms with E-state index in [0.717, 1.165) is 43.1 Å². The Morgan fingerprint density at radius 2 is 1.64 bits per heavy atom. The van der Waals surface area contributed by atoms with Crippen molar-refractivity contribution in [2.75, 3.05) is 51.1 Å². The second-order valence-electron chi connectivity index (χ2n) is 6.57. The lowest BCUT2D eigenvalue weighted by Crippen LogP contribution is -2.20. The van der Waals surface area contributed by atoms with E-state index in [9.17, 15) is 4.79 Å². The van der Waals surface area contributed by atoms with Gasteiger partial charge in [-0.05, 0) is 25.0 Å². The van der Waals surface area contributed by atoms with Crippen molar-refractivity contribution < 1.29 is 14.3 Å². The Morgan fingerprint density at radius 3 is 2.39 bits per heavy atom. The van der Waals surface area contributed by atoms with Gasteiger partial charge in [0.05, 0.1) is 25.7 Å². The summed E-state index contributed by atoms with van der Waals surface area (Å²) in [6.45, 7) is 14.1. The summed E-state index contributed by atoms with van der Waals surface area (Å²) < 4.78 is 10.8. The van der Waals surface area contributed by atoms with Gasteiger partial charge < -0.3 is 25.4 Å². The predicted octanol–water partition coefficient (Wildman–Crippen LogP) is 3.41. The van der Waals surface area contributed by atoms with Gasteiger partial charge in [0, 0.05) is 37.5 Å². The monoisotopic (exact) mass is 415 g/mol. The van der Waals surface area contributed by atoms with Crippen LogP contribution in [-0.2, 0) is 14.3 Å². The maximum atomic E-state index is 10.0. The summed E-state index contributed by atoms with van der Waals surface area (Å²) in [7, 11) is 0. The van der Waals surface area contributed by atoms with Gasteiger partial charge in [0.1, 0.15) is 0 Å². The second kappa shape index (κ2) is 22.1. The maximum Gasteiger partial charge on any atom is 0.207 e. The molecule has 0 spiro atoms. The molecule has 0 aromatic heterocycles. The Labute approximate surface area is 176 Å². The Morgan fingerprint density at radius 1 is 0.893 bits per heavy atom. The fraction of sp³-hybridized carbons (Fsp3) is 0.762. The van der Waals surface area contributed by atoms with E-state index in [1.54, 1.807) is 0 Å². The van der Waals surface area contributed by atoms with Crippen molar-refractivity contribution in [1.82, 2.24) is 16.0 Å². The van der Waals surface area contributed by atoms with Gasteiger partial charge in [-0.25, -0.2) is 0 Å². The number of unbranched alkanes of at least 4 members (excludes halogenated alkanes) is 3. The third-order valence-electron chi connectivity index (χ3n) is 3.98. The molecule has 3 N–H and O–H groups in total. The highest BCUT2D eigenvalue weighted by Crippen LogP contribution is 2.07. The summed E-state index contributed by atoms with van der Waals surface area (Å²) in [6.07, 6.45) is 8.70. The molecule has 0 saturated carbocycles. The summed E-state index contributed by atoms with van der Waals surface area (Å²) >= 11 is 1.95. The molecule has 0 fully saturated rings. The van der Waals surface area contributed by atoms with Crippen LogP contribution in [-0.4, -0.2) is 57.6 Å². The normalized spacial score (nSPS) is 10.5. The summed E-state index contributed by atoms with van der Waals surface area (Å²) in [5.74, 6) is 2.17. The van der Waals surface area contributed by atoms with Crippen LogP contribution in [0.15, 0.2) is 24.6 Å². The van der Waals surface area contributed by atoms with Crippen LogP contribution in [0.4, 0.5) is 0 Å². The summed E-state index contributed by atoms with van der Waals surface area (Å²) in [5, 5.41) is 9.28. The first-order valence-corrected chi connectivity index (χ1v) is 11.6. The van der Waals surface area contributed by atoms with Crippen LogP contribution in [0.3, 0.4) is 0 Å². The number of amides is 1. The fourth-order valence-corrected chi connectivity index (χ4v) is 3.18. The second-order valence-corrected chi connectivity index (χ2v) is 7.68. The predicted molar refractivity (Wildman–Crippen MR) is 120 cm³/mol. The molecule has 0 unspecified atom stereocenters. The van der Waals surface area contributed by atoms with Crippen molar-refractivity contribution >= 4 is 18.2 Å². The molecular weight excluding hydrogens is 374 g/mol. The van der Waals surface area contributed by atoms with Crippen molar-refractivity contribution in [3.05, 3.63) is 24.6 Å². The first-order chi connectivity index (χ1) is 13.7. The Balaban J connectivity index is 3.31. The molecule has 0 aromatic carbocycles. The van der Waals surface area contributed by atoms with Crippen molar-refractivity contribution in [1.29, 1.82) is 0 Å². The van der Waals surface area contributed by atoms with E-state index in [2.05, 4.69) is 36.0 Å². The van der Waals surface area contributed by atoms with Crippen LogP contribution in [0.25, 0.3) is 0 Å². The number of rotatable bonds is 23. The third-order valence-corrected chi connectivity index (χ3v) is 4.91. The molecule has 7 heteroatoms. The average Bonchev–Trinajstić information content (AvgIpc) is 2.68. The van der Waals surface area contributed by atoms with Crippen molar-refractivity contribution in [2.45, 2.75) is 51.9 Å². The minimum absolute atomic E-state index is 0.515. The van der Waals surface area contributed by atoms with Gasteiger partial charge in [-0.3, -0.25) is 4.79 Å². The number of thioether (sulfide) groups is 1. The number of carbonyl (C=O) groups excluding carboxylic acids is 1. The van der Waals surface area contributed by atoms with Crippen LogP contribution in [0.1, 0.15) is 51.9 Å². The lowest BCUT2D eigenvalue weighted by atomic mass is 10.2. The Bertz CT molecular complexity index is 395. The molecule has 0 rings (SSSR count). The molecule has 0 radical (unpaired) electrons. The van der Waals surface area contributed by atoms with Gasteiger partial charge in [0.2, 0.25) is 6.41 Å². The molecular formula is C21H41N3O3S. The minimum Gasteiger partial charge on any atom is -0.388 e. The van der Waals surface area contributed by atoms with Gasteiger partial charge >= 0.3 is 0 Å². The number of hydrogen-bond donors (Lipinski definition) is 3. The topological polar surface area (TPSA) is 71.6 Å². The molecule has 164 valence electrons. The zero-order valence-corrected chi connectivity index (χ0v) is 18.5. The van der Waals surface area contributed by atoms with Crippen molar-refractivity contribution in [3.63, 3.8) is 0 Å². The van der Waals surface area contributed by atoms with Crippen molar-refractivity contribution in [3.8, 4) is 0 Å². The lowest BCUT2D eigenvalue weighted by Gasteiger charge is -2.12. The zero-order chi connectivity index (χ0) is 20.7. The van der Waals surface area contributed by atoms with E-state index in [1.165, 1.54) is 31.4 Å². The molecule has 0 aliphatic heterocycles. The Hall–Kier alpha value is -1.18. The highest BCUT2D eigenvalue weighted by Gasteiger charge is 1.98. The van der Waals surface area contributed by atoms with E-state index in [0.29, 0.717) is 39.4 Å². The summed E-state index contributed by atoms with van der Waals surface area (Å²) in [5.41, 5.74) is 2.12. The van der Waals surface area contributed by atoms with Gasteiger partial charge in [-0.2, -0.15) is 0 Å². The number of nitrogens with one attached hydrogen (secondary N) is 3. The van der Waals surface area contributed by atoms with Crippen LogP contribution in [0, 0.1) is 0 Å². The lowest BCUT2D eigenvalue weighted by molar-refractivity contribution is -0.109. The maximum absolute atomic E-state index is 10.0. The van der Waals surface area contributed by atoms with Gasteiger partial charge in [-0.1, -0.05) is 39.3 Å². The molecule has 6 nitrogen and oxygen atoms in total. The SMILES string of the molecule is C=C(CCCOCCOCCNC=O)NCCC(=C)NCSCCCCCC. The van der Waals surface area contributed by atoms with E-state index < -0.39 is 0 Å². The molecule has 0 aliphatic rings. The zero-order valence-electron chi connectivity index (χ0n) is 17.7. The average molecular weight is 416 g/mol. The molecule has 0 aromatic rings. The van der Waals surface area contributed by atoms with Crippen LogP contribution < -0.4 is 16.0 Å². The summed E-state index contributed by atoms with van der Waals surface area (Å²) in [4.78, 5) is 10.0. The smallest absolute Gasteiger partial charge is 0.207 e. The molecule has 1 amide bonds. The van der Waals surface area contributed by atoms with E-state index in [4.69, 9.17) is 9.47 Å². The minimum atomic E-state index is 0.515. The van der Waals surface area contributed by atoms with Gasteiger partial charge in [-0.15, -0.1) is 11.8 Å². The van der Waals surface area contributed by atoms with Crippen LogP contribution >= 0.6 is 11.8 Å². The van der Waals surface area contributed by atoms with E-state index in [-0.39, 0.29) is 0 Å².